The highest BCUT2D eigenvalue weighted by atomic mass is 19.1. The highest BCUT2D eigenvalue weighted by Crippen LogP contribution is 2.19. The monoisotopic (exact) mass is 466 g/mol. The standard InChI is InChI=1S/C27H28F2N2O3/c1-2-16-30-27(33)24(17-20-10-4-3-5-11-20)31(18-21-12-6-7-13-22(21)28)26(32)19-34-25-15-9-8-14-23(25)29/h3-15,24H,2,16-19H2,1H3,(H,30,33)/t24-/m0/s1. The number of para-hydroxylation sites is 1. The van der Waals surface area contributed by atoms with Crippen LogP contribution in [0.15, 0.2) is 78.9 Å². The molecule has 0 aliphatic rings. The first kappa shape index (κ1) is 24.9. The second kappa shape index (κ2) is 12.5. The van der Waals surface area contributed by atoms with Crippen molar-refractivity contribution in [1.82, 2.24) is 10.2 Å². The molecule has 0 aliphatic heterocycles. The number of hydrogen-bond acceptors (Lipinski definition) is 3. The van der Waals surface area contributed by atoms with Crippen molar-refractivity contribution >= 4 is 11.8 Å². The topological polar surface area (TPSA) is 58.6 Å². The van der Waals surface area contributed by atoms with Crippen molar-refractivity contribution in [2.45, 2.75) is 32.4 Å². The third-order valence-electron chi connectivity index (χ3n) is 5.31. The maximum absolute atomic E-state index is 14.5. The molecule has 178 valence electrons. The molecule has 0 radical (unpaired) electrons. The number of hydrogen-bond donors (Lipinski definition) is 1. The maximum Gasteiger partial charge on any atom is 0.261 e. The van der Waals surface area contributed by atoms with E-state index in [2.05, 4.69) is 5.32 Å². The molecule has 34 heavy (non-hydrogen) atoms. The fraction of sp³-hybridized carbons (Fsp3) is 0.259. The number of rotatable bonds is 11. The van der Waals surface area contributed by atoms with Gasteiger partial charge in [0.2, 0.25) is 5.91 Å². The molecular formula is C27H28F2N2O3. The quantitative estimate of drug-likeness (QED) is 0.452. The van der Waals surface area contributed by atoms with E-state index in [0.717, 1.165) is 12.0 Å². The van der Waals surface area contributed by atoms with E-state index in [9.17, 15) is 18.4 Å². The summed E-state index contributed by atoms with van der Waals surface area (Å²) in [6.07, 6.45) is 0.956. The SMILES string of the molecule is CCCNC(=O)[C@H](Cc1ccccc1)N(Cc1ccccc1F)C(=O)COc1ccccc1F. The van der Waals surface area contributed by atoms with E-state index < -0.39 is 30.2 Å². The lowest BCUT2D eigenvalue weighted by Gasteiger charge is -2.31. The van der Waals surface area contributed by atoms with Crippen LogP contribution < -0.4 is 10.1 Å². The van der Waals surface area contributed by atoms with Crippen LogP contribution in [-0.2, 0) is 22.6 Å². The number of ether oxygens (including phenoxy) is 1. The third kappa shape index (κ3) is 6.88. The maximum atomic E-state index is 14.5. The number of halogens is 2. The summed E-state index contributed by atoms with van der Waals surface area (Å²) < 4.78 is 33.9. The van der Waals surface area contributed by atoms with E-state index in [4.69, 9.17) is 4.74 Å². The molecule has 3 aromatic carbocycles. The Hall–Kier alpha value is -3.74. The van der Waals surface area contributed by atoms with Gasteiger partial charge in [-0.15, -0.1) is 0 Å². The van der Waals surface area contributed by atoms with E-state index in [-0.39, 0.29) is 30.2 Å². The van der Waals surface area contributed by atoms with Crippen LogP contribution in [0.3, 0.4) is 0 Å². The van der Waals surface area contributed by atoms with Crippen LogP contribution in [0, 0.1) is 11.6 Å². The van der Waals surface area contributed by atoms with Gasteiger partial charge in [-0.05, 0) is 30.2 Å². The van der Waals surface area contributed by atoms with E-state index in [1.807, 2.05) is 37.3 Å². The van der Waals surface area contributed by atoms with Crippen LogP contribution in [0.4, 0.5) is 8.78 Å². The van der Waals surface area contributed by atoms with E-state index in [0.29, 0.717) is 6.54 Å². The lowest BCUT2D eigenvalue weighted by molar-refractivity contribution is -0.142. The molecule has 0 aliphatic carbocycles. The summed E-state index contributed by atoms with van der Waals surface area (Å²) in [5, 5.41) is 2.84. The Morgan fingerprint density at radius 2 is 1.56 bits per heavy atom. The first-order chi connectivity index (χ1) is 16.5. The summed E-state index contributed by atoms with van der Waals surface area (Å²) in [5.74, 6) is -2.06. The van der Waals surface area contributed by atoms with Gasteiger partial charge in [0.25, 0.3) is 5.91 Å². The van der Waals surface area contributed by atoms with Gasteiger partial charge in [0, 0.05) is 25.1 Å². The highest BCUT2D eigenvalue weighted by Gasteiger charge is 2.31. The predicted octanol–water partition coefficient (Wildman–Crippen LogP) is 4.51. The van der Waals surface area contributed by atoms with Crippen LogP contribution in [0.2, 0.25) is 0 Å². The molecule has 5 nitrogen and oxygen atoms in total. The Morgan fingerprint density at radius 1 is 0.912 bits per heavy atom. The van der Waals surface area contributed by atoms with Crippen molar-refractivity contribution in [3.05, 3.63) is 102 Å². The van der Waals surface area contributed by atoms with Crippen molar-refractivity contribution in [2.75, 3.05) is 13.2 Å². The minimum atomic E-state index is -0.912. The van der Waals surface area contributed by atoms with Crippen LogP contribution >= 0.6 is 0 Å². The Labute approximate surface area is 198 Å². The van der Waals surface area contributed by atoms with Crippen molar-refractivity contribution in [2.24, 2.45) is 0 Å². The predicted molar refractivity (Wildman–Crippen MR) is 126 cm³/mol. The summed E-state index contributed by atoms with van der Waals surface area (Å²) in [5.41, 5.74) is 1.11. The van der Waals surface area contributed by atoms with Crippen molar-refractivity contribution < 1.29 is 23.1 Å². The fourth-order valence-corrected chi connectivity index (χ4v) is 3.51. The van der Waals surface area contributed by atoms with Gasteiger partial charge in [-0.1, -0.05) is 67.6 Å². The Morgan fingerprint density at radius 3 is 2.24 bits per heavy atom. The molecular weight excluding hydrogens is 438 g/mol. The summed E-state index contributed by atoms with van der Waals surface area (Å²) in [7, 11) is 0. The Balaban J connectivity index is 1.91. The van der Waals surface area contributed by atoms with Gasteiger partial charge in [-0.25, -0.2) is 8.78 Å². The smallest absolute Gasteiger partial charge is 0.261 e. The van der Waals surface area contributed by atoms with Gasteiger partial charge in [0.05, 0.1) is 0 Å². The van der Waals surface area contributed by atoms with Crippen LogP contribution in [-0.4, -0.2) is 35.9 Å². The summed E-state index contributed by atoms with van der Waals surface area (Å²) >= 11 is 0. The molecule has 0 saturated heterocycles. The molecule has 0 saturated carbocycles. The second-order valence-corrected chi connectivity index (χ2v) is 7.83. The van der Waals surface area contributed by atoms with Crippen LogP contribution in [0.5, 0.6) is 5.75 Å². The van der Waals surface area contributed by atoms with Crippen LogP contribution in [0.1, 0.15) is 24.5 Å². The lowest BCUT2D eigenvalue weighted by atomic mass is 10.0. The third-order valence-corrected chi connectivity index (χ3v) is 5.31. The molecule has 2 amide bonds. The van der Waals surface area contributed by atoms with Gasteiger partial charge >= 0.3 is 0 Å². The first-order valence-electron chi connectivity index (χ1n) is 11.2. The molecule has 0 heterocycles. The number of nitrogens with one attached hydrogen (secondary N) is 1. The van der Waals surface area contributed by atoms with E-state index >= 15 is 0 Å². The average Bonchev–Trinajstić information content (AvgIpc) is 2.85. The largest absolute Gasteiger partial charge is 0.481 e. The molecule has 0 unspecified atom stereocenters. The molecule has 1 atom stereocenters. The van der Waals surface area contributed by atoms with Crippen molar-refractivity contribution in [1.29, 1.82) is 0 Å². The molecule has 0 spiro atoms. The highest BCUT2D eigenvalue weighted by molar-refractivity contribution is 5.88. The molecule has 0 fully saturated rings. The number of carbonyl (C=O) groups excluding carboxylic acids is 2. The van der Waals surface area contributed by atoms with Gasteiger partial charge in [0.1, 0.15) is 11.9 Å². The minimum absolute atomic E-state index is 0.0725. The molecule has 0 bridgehead atoms. The Kier molecular flexibility index (Phi) is 9.14. The minimum Gasteiger partial charge on any atom is -0.481 e. The van der Waals surface area contributed by atoms with Crippen molar-refractivity contribution in [3.63, 3.8) is 0 Å². The fourth-order valence-electron chi connectivity index (χ4n) is 3.51. The molecule has 7 heteroatoms. The van der Waals surface area contributed by atoms with Crippen molar-refractivity contribution in [3.8, 4) is 5.75 Å². The number of benzene rings is 3. The number of carbonyl (C=O) groups is 2. The summed E-state index contributed by atoms with van der Waals surface area (Å²) in [6, 6.07) is 20.2. The van der Waals surface area contributed by atoms with Crippen LogP contribution in [0.25, 0.3) is 0 Å². The van der Waals surface area contributed by atoms with E-state index in [1.165, 1.54) is 29.2 Å². The molecule has 3 aromatic rings. The van der Waals surface area contributed by atoms with Gasteiger partial charge < -0.3 is 15.0 Å². The normalized spacial score (nSPS) is 11.5. The zero-order valence-corrected chi connectivity index (χ0v) is 19.0. The van der Waals surface area contributed by atoms with Gasteiger partial charge in [0.15, 0.2) is 18.2 Å². The second-order valence-electron chi connectivity index (χ2n) is 7.83. The molecule has 3 rings (SSSR count). The first-order valence-corrected chi connectivity index (χ1v) is 11.2. The van der Waals surface area contributed by atoms with E-state index in [1.54, 1.807) is 24.3 Å². The lowest BCUT2D eigenvalue weighted by Crippen LogP contribution is -2.52. The average molecular weight is 467 g/mol. The number of amides is 2. The van der Waals surface area contributed by atoms with Gasteiger partial charge in [-0.3, -0.25) is 9.59 Å². The zero-order valence-electron chi connectivity index (χ0n) is 19.0. The molecule has 1 N–H and O–H groups in total. The zero-order chi connectivity index (χ0) is 24.3. The summed E-state index contributed by atoms with van der Waals surface area (Å²) in [4.78, 5) is 27.8. The summed E-state index contributed by atoms with van der Waals surface area (Å²) in [6.45, 7) is 1.74. The van der Waals surface area contributed by atoms with Gasteiger partial charge in [-0.2, -0.15) is 0 Å². The molecule has 0 aromatic heterocycles. The number of nitrogens with zero attached hydrogens (tertiary/aromatic N) is 1. The Bertz CT molecular complexity index is 1090.